The number of amides is 1. The van der Waals surface area contributed by atoms with E-state index in [0.29, 0.717) is 4.90 Å². The second-order valence-corrected chi connectivity index (χ2v) is 3.72. The average Bonchev–Trinajstić information content (AvgIpc) is 2.18. The molecule has 14 heavy (non-hydrogen) atoms. The van der Waals surface area contributed by atoms with E-state index < -0.39 is 11.1 Å². The summed E-state index contributed by atoms with van der Waals surface area (Å²) in [6.07, 6.45) is 0.224. The molecular weight excluding hydrogens is 202 g/mol. The fourth-order valence-corrected chi connectivity index (χ4v) is 1.49. The molecule has 4 nitrogen and oxygen atoms in total. The van der Waals surface area contributed by atoms with E-state index in [-0.39, 0.29) is 12.3 Å². The highest BCUT2D eigenvalue weighted by atomic mass is 32.2. The summed E-state index contributed by atoms with van der Waals surface area (Å²) in [6.45, 7) is 0. The van der Waals surface area contributed by atoms with Gasteiger partial charge in [0.05, 0.1) is 11.3 Å². The third-order valence-corrected chi connectivity index (χ3v) is 2.40. The van der Waals surface area contributed by atoms with E-state index in [4.69, 9.17) is 4.55 Å². The highest BCUT2D eigenvalue weighted by Crippen LogP contribution is 2.08. The number of nitrogens with one attached hydrogen (secondary N) is 1. The van der Waals surface area contributed by atoms with Gasteiger partial charge < -0.3 is 9.87 Å². The summed E-state index contributed by atoms with van der Waals surface area (Å²) in [5.74, 6) is -0.120. The normalized spacial score (nSPS) is 12.1. The van der Waals surface area contributed by atoms with Crippen LogP contribution in [0, 0.1) is 0 Å². The molecule has 0 fully saturated rings. The molecule has 1 rings (SSSR count). The molecule has 1 amide bonds. The summed E-state index contributed by atoms with van der Waals surface area (Å²) < 4.78 is 19.5. The van der Waals surface area contributed by atoms with Crippen molar-refractivity contribution >= 4 is 17.0 Å². The first kappa shape index (κ1) is 10.9. The number of likely N-dealkylation sites (N-methyl/N-ethyl adjacent to an activating group) is 1. The zero-order valence-corrected chi connectivity index (χ0v) is 8.50. The smallest absolute Gasteiger partial charge is 0.224 e. The van der Waals surface area contributed by atoms with Crippen LogP contribution in [-0.2, 0) is 22.3 Å². The molecule has 2 N–H and O–H groups in total. The Kier molecular flexibility index (Phi) is 3.79. The summed E-state index contributed by atoms with van der Waals surface area (Å²) in [7, 11) is 1.55. The molecule has 0 saturated heterocycles. The first-order valence-corrected chi connectivity index (χ1v) is 5.14. The van der Waals surface area contributed by atoms with Crippen molar-refractivity contribution in [2.24, 2.45) is 0 Å². The molecule has 1 aromatic carbocycles. The van der Waals surface area contributed by atoms with Crippen LogP contribution < -0.4 is 5.32 Å². The van der Waals surface area contributed by atoms with Crippen LogP contribution in [-0.4, -0.2) is 21.7 Å². The Labute approximate surface area is 84.6 Å². The largest absolute Gasteiger partial charge is 0.359 e. The molecule has 1 atom stereocenters. The van der Waals surface area contributed by atoms with E-state index in [2.05, 4.69) is 5.32 Å². The summed E-state index contributed by atoms with van der Waals surface area (Å²) in [5.41, 5.74) is 0.726. The van der Waals surface area contributed by atoms with Crippen molar-refractivity contribution in [3.8, 4) is 0 Å². The van der Waals surface area contributed by atoms with E-state index in [1.807, 2.05) is 0 Å². The predicted molar refractivity (Wildman–Crippen MR) is 53.2 cm³/mol. The molecule has 0 spiro atoms. The highest BCUT2D eigenvalue weighted by molar-refractivity contribution is 7.79. The van der Waals surface area contributed by atoms with Crippen LogP contribution >= 0.6 is 0 Å². The Hall–Kier alpha value is -1.20. The predicted octanol–water partition coefficient (Wildman–Crippen LogP) is 0.556. The molecular formula is C9H11NO3S. The van der Waals surface area contributed by atoms with Gasteiger partial charge in [0.1, 0.15) is 0 Å². The molecule has 76 valence electrons. The first-order valence-electron chi connectivity index (χ1n) is 4.04. The van der Waals surface area contributed by atoms with E-state index in [9.17, 15) is 9.00 Å². The van der Waals surface area contributed by atoms with E-state index in [0.717, 1.165) is 5.56 Å². The lowest BCUT2D eigenvalue weighted by Crippen LogP contribution is -2.19. The number of benzene rings is 1. The maximum absolute atomic E-state index is 11.0. The second kappa shape index (κ2) is 4.88. The SMILES string of the molecule is CNC(=O)Cc1cccc(S(=O)O)c1. The molecule has 0 radical (unpaired) electrons. The molecule has 5 heteroatoms. The van der Waals surface area contributed by atoms with Gasteiger partial charge >= 0.3 is 0 Å². The monoisotopic (exact) mass is 213 g/mol. The Balaban J connectivity index is 2.83. The van der Waals surface area contributed by atoms with Crippen LogP contribution in [0.15, 0.2) is 29.2 Å². The summed E-state index contributed by atoms with van der Waals surface area (Å²) in [4.78, 5) is 11.3. The standard InChI is InChI=1S/C9H11NO3S/c1-10-9(11)6-7-3-2-4-8(5-7)14(12)13/h2-5H,6H2,1H3,(H,10,11)(H,12,13). The first-order chi connectivity index (χ1) is 6.63. The van der Waals surface area contributed by atoms with Gasteiger partial charge in [-0.2, -0.15) is 0 Å². The molecule has 0 aromatic heterocycles. The lowest BCUT2D eigenvalue weighted by atomic mass is 10.1. The summed E-state index contributed by atoms with van der Waals surface area (Å²) in [5, 5.41) is 2.48. The van der Waals surface area contributed by atoms with Gasteiger partial charge in [-0.1, -0.05) is 12.1 Å². The topological polar surface area (TPSA) is 66.4 Å². The van der Waals surface area contributed by atoms with Crippen molar-refractivity contribution in [3.05, 3.63) is 29.8 Å². The van der Waals surface area contributed by atoms with E-state index in [1.165, 1.54) is 0 Å². The van der Waals surface area contributed by atoms with Crippen LogP contribution in [0.3, 0.4) is 0 Å². The van der Waals surface area contributed by atoms with Crippen molar-refractivity contribution in [3.63, 3.8) is 0 Å². The van der Waals surface area contributed by atoms with Crippen molar-refractivity contribution in [1.29, 1.82) is 0 Å². The highest BCUT2D eigenvalue weighted by Gasteiger charge is 2.04. The van der Waals surface area contributed by atoms with Crippen molar-refractivity contribution < 1.29 is 13.6 Å². The zero-order chi connectivity index (χ0) is 10.6. The van der Waals surface area contributed by atoms with Gasteiger partial charge in [-0.3, -0.25) is 4.79 Å². The van der Waals surface area contributed by atoms with Crippen LogP contribution in [0.25, 0.3) is 0 Å². The molecule has 0 heterocycles. The third-order valence-electron chi connectivity index (χ3n) is 1.74. The van der Waals surface area contributed by atoms with Gasteiger partial charge in [-0.25, -0.2) is 4.21 Å². The van der Waals surface area contributed by atoms with Gasteiger partial charge in [-0.15, -0.1) is 0 Å². The third kappa shape index (κ3) is 2.93. The minimum Gasteiger partial charge on any atom is -0.359 e. The molecule has 0 aliphatic heterocycles. The molecule has 0 saturated carbocycles. The zero-order valence-electron chi connectivity index (χ0n) is 7.69. The van der Waals surface area contributed by atoms with Crippen molar-refractivity contribution in [2.45, 2.75) is 11.3 Å². The van der Waals surface area contributed by atoms with Crippen LogP contribution in [0.1, 0.15) is 5.56 Å². The second-order valence-electron chi connectivity index (χ2n) is 2.75. The fourth-order valence-electron chi connectivity index (χ4n) is 1.04. The van der Waals surface area contributed by atoms with Crippen LogP contribution in [0.4, 0.5) is 0 Å². The summed E-state index contributed by atoms with van der Waals surface area (Å²) >= 11 is -1.99. The van der Waals surface area contributed by atoms with Crippen LogP contribution in [0.2, 0.25) is 0 Å². The molecule has 0 aliphatic carbocycles. The lowest BCUT2D eigenvalue weighted by Gasteiger charge is -2.01. The quantitative estimate of drug-likeness (QED) is 0.721. The van der Waals surface area contributed by atoms with Gasteiger partial charge in [-0.05, 0) is 17.7 Å². The Bertz CT molecular complexity index is 365. The van der Waals surface area contributed by atoms with Crippen LogP contribution in [0.5, 0.6) is 0 Å². The Morgan fingerprint density at radius 3 is 2.86 bits per heavy atom. The Morgan fingerprint density at radius 2 is 2.29 bits per heavy atom. The summed E-state index contributed by atoms with van der Waals surface area (Å²) in [6, 6.07) is 6.49. The minimum atomic E-state index is -1.99. The fraction of sp³-hybridized carbons (Fsp3) is 0.222. The van der Waals surface area contributed by atoms with Gasteiger partial charge in [0.15, 0.2) is 11.1 Å². The minimum absolute atomic E-state index is 0.120. The molecule has 1 aromatic rings. The average molecular weight is 213 g/mol. The maximum atomic E-state index is 11.0. The molecule has 1 unspecified atom stereocenters. The molecule has 0 bridgehead atoms. The Morgan fingerprint density at radius 1 is 1.57 bits per heavy atom. The van der Waals surface area contributed by atoms with Gasteiger partial charge in [0.25, 0.3) is 0 Å². The molecule has 0 aliphatic rings. The van der Waals surface area contributed by atoms with E-state index >= 15 is 0 Å². The number of rotatable bonds is 3. The number of hydrogen-bond donors (Lipinski definition) is 2. The maximum Gasteiger partial charge on any atom is 0.224 e. The number of carbonyl (C=O) groups is 1. The van der Waals surface area contributed by atoms with Crippen molar-refractivity contribution in [1.82, 2.24) is 5.32 Å². The van der Waals surface area contributed by atoms with E-state index in [1.54, 1.807) is 31.3 Å². The van der Waals surface area contributed by atoms with Crippen molar-refractivity contribution in [2.75, 3.05) is 7.05 Å². The lowest BCUT2D eigenvalue weighted by molar-refractivity contribution is -0.119. The number of carbonyl (C=O) groups excluding carboxylic acids is 1. The van der Waals surface area contributed by atoms with Gasteiger partial charge in [0, 0.05) is 7.05 Å². The van der Waals surface area contributed by atoms with Gasteiger partial charge in [0.2, 0.25) is 5.91 Å². The number of hydrogen-bond acceptors (Lipinski definition) is 2.